The molecule has 1 amide bonds. The number of aromatic nitrogens is 2. The number of nitrogens with zero attached hydrogens (tertiary/aromatic N) is 2. The number of ether oxygens (including phenoxy) is 2. The lowest BCUT2D eigenvalue weighted by molar-refractivity contribution is -0.121. The van der Waals surface area contributed by atoms with Crippen LogP contribution >= 0.6 is 12.2 Å². The molecule has 2 aromatic carbocycles. The van der Waals surface area contributed by atoms with E-state index in [1.165, 1.54) is 4.57 Å². The van der Waals surface area contributed by atoms with Crippen LogP contribution in [0.15, 0.2) is 42.5 Å². The second kappa shape index (κ2) is 8.73. The highest BCUT2D eigenvalue weighted by Gasteiger charge is 2.33. The summed E-state index contributed by atoms with van der Waals surface area (Å²) in [6.45, 7) is 0.437. The van der Waals surface area contributed by atoms with Gasteiger partial charge in [0.1, 0.15) is 11.9 Å². The minimum absolute atomic E-state index is 0.00947. The molecule has 1 atom stereocenters. The molecule has 0 aliphatic carbocycles. The summed E-state index contributed by atoms with van der Waals surface area (Å²) >= 11 is 5.28. The monoisotopic (exact) mass is 438 g/mol. The van der Waals surface area contributed by atoms with Crippen LogP contribution in [0.1, 0.15) is 16.8 Å². The van der Waals surface area contributed by atoms with Crippen molar-refractivity contribution in [2.45, 2.75) is 18.9 Å². The molecule has 1 aliphatic rings. The molecule has 0 unspecified atom stereocenters. The van der Waals surface area contributed by atoms with E-state index in [4.69, 9.17) is 21.7 Å². The number of fused-ring (bicyclic) bond motifs is 3. The minimum atomic E-state index is -0.685. The Morgan fingerprint density at radius 3 is 2.74 bits per heavy atom. The van der Waals surface area contributed by atoms with Gasteiger partial charge in [-0.15, -0.1) is 0 Å². The van der Waals surface area contributed by atoms with Crippen LogP contribution in [0.2, 0.25) is 0 Å². The van der Waals surface area contributed by atoms with Crippen molar-refractivity contribution >= 4 is 40.8 Å². The van der Waals surface area contributed by atoms with Crippen LogP contribution in [0.4, 0.5) is 5.82 Å². The first kappa shape index (κ1) is 20.8. The van der Waals surface area contributed by atoms with Crippen molar-refractivity contribution in [3.05, 3.63) is 52.8 Å². The van der Waals surface area contributed by atoms with Crippen molar-refractivity contribution in [2.75, 3.05) is 26.1 Å². The van der Waals surface area contributed by atoms with Gasteiger partial charge < -0.3 is 20.1 Å². The molecule has 31 heavy (non-hydrogen) atoms. The van der Waals surface area contributed by atoms with E-state index in [1.54, 1.807) is 14.2 Å². The third kappa shape index (κ3) is 4.09. The molecule has 0 spiro atoms. The van der Waals surface area contributed by atoms with E-state index in [0.29, 0.717) is 35.8 Å². The van der Waals surface area contributed by atoms with E-state index in [0.717, 1.165) is 10.9 Å². The summed E-state index contributed by atoms with van der Waals surface area (Å²) in [7, 11) is 3.17. The van der Waals surface area contributed by atoms with Gasteiger partial charge in [0.2, 0.25) is 10.7 Å². The van der Waals surface area contributed by atoms with Crippen LogP contribution < -0.4 is 20.1 Å². The third-order valence-corrected chi connectivity index (χ3v) is 5.47. The first-order valence-corrected chi connectivity index (χ1v) is 10.2. The number of nitrogens with one attached hydrogen (secondary N) is 2. The van der Waals surface area contributed by atoms with Gasteiger partial charge in [-0.1, -0.05) is 18.2 Å². The lowest BCUT2D eigenvalue weighted by Crippen LogP contribution is -2.34. The van der Waals surface area contributed by atoms with Crippen LogP contribution in [-0.4, -0.2) is 48.2 Å². The summed E-state index contributed by atoms with van der Waals surface area (Å²) in [4.78, 5) is 29.6. The lowest BCUT2D eigenvalue weighted by Gasteiger charge is -2.11. The van der Waals surface area contributed by atoms with Gasteiger partial charge >= 0.3 is 0 Å². The van der Waals surface area contributed by atoms with E-state index in [9.17, 15) is 9.59 Å². The number of carbonyl (C=O) groups is 2. The summed E-state index contributed by atoms with van der Waals surface area (Å²) in [6, 6.07) is 12.4. The maximum Gasteiger partial charge on any atom is 0.257 e. The van der Waals surface area contributed by atoms with Crippen LogP contribution in [0.3, 0.4) is 0 Å². The normalized spacial score (nSPS) is 14.8. The molecule has 0 radical (unpaired) electrons. The second-order valence-electron chi connectivity index (χ2n) is 7.12. The van der Waals surface area contributed by atoms with Gasteiger partial charge in [-0.05, 0) is 48.5 Å². The Morgan fingerprint density at radius 1 is 1.19 bits per heavy atom. The third-order valence-electron chi connectivity index (χ3n) is 5.19. The summed E-state index contributed by atoms with van der Waals surface area (Å²) in [5.74, 6) is 1.39. The zero-order valence-corrected chi connectivity index (χ0v) is 18.0. The standard InChI is InChI=1S/C22H22N4O4S/c1-29-17-8-7-13(11-18(17)30-2)9-10-23-19(27)12-16-21(28)26-20(24-16)14-5-3-4-6-15(14)25-22(26)31/h3-8,11,16,24H,9-10,12H2,1-2H3,(H,23,27)/t16-/m1/s1. The van der Waals surface area contributed by atoms with E-state index in [1.807, 2.05) is 42.5 Å². The van der Waals surface area contributed by atoms with Crippen LogP contribution in [0.25, 0.3) is 10.9 Å². The number of hydrogen-bond acceptors (Lipinski definition) is 7. The Kier molecular flexibility index (Phi) is 5.85. The first-order chi connectivity index (χ1) is 15.0. The van der Waals surface area contributed by atoms with Crippen LogP contribution in [0.5, 0.6) is 11.5 Å². The molecular weight excluding hydrogens is 416 g/mol. The van der Waals surface area contributed by atoms with Gasteiger partial charge in [0.25, 0.3) is 5.91 Å². The highest BCUT2D eigenvalue weighted by molar-refractivity contribution is 7.71. The fourth-order valence-corrected chi connectivity index (χ4v) is 3.93. The average molecular weight is 439 g/mol. The summed E-state index contributed by atoms with van der Waals surface area (Å²) in [6.07, 6.45) is 0.632. The molecule has 1 aliphatic heterocycles. The van der Waals surface area contributed by atoms with Gasteiger partial charge in [0.05, 0.1) is 26.2 Å². The maximum absolute atomic E-state index is 12.8. The van der Waals surface area contributed by atoms with E-state index in [-0.39, 0.29) is 23.0 Å². The minimum Gasteiger partial charge on any atom is -0.493 e. The van der Waals surface area contributed by atoms with Crippen molar-refractivity contribution in [3.8, 4) is 11.5 Å². The fourth-order valence-electron chi connectivity index (χ4n) is 3.65. The molecule has 4 rings (SSSR count). The zero-order chi connectivity index (χ0) is 22.0. The van der Waals surface area contributed by atoms with E-state index >= 15 is 0 Å². The van der Waals surface area contributed by atoms with E-state index in [2.05, 4.69) is 15.6 Å². The SMILES string of the molecule is COc1ccc(CCNC(=O)C[C@H]2Nc3c4ccccc4nc(=S)n3C2=O)cc1OC. The molecule has 2 heterocycles. The summed E-state index contributed by atoms with van der Waals surface area (Å²) < 4.78 is 12.1. The van der Waals surface area contributed by atoms with Gasteiger partial charge in [-0.2, -0.15) is 0 Å². The van der Waals surface area contributed by atoms with Crippen molar-refractivity contribution in [1.29, 1.82) is 0 Å². The van der Waals surface area contributed by atoms with Crippen LogP contribution in [0, 0.1) is 4.77 Å². The predicted octanol–water partition coefficient (Wildman–Crippen LogP) is 2.97. The predicted molar refractivity (Wildman–Crippen MR) is 119 cm³/mol. The largest absolute Gasteiger partial charge is 0.493 e. The Labute approximate surface area is 184 Å². The Bertz CT molecular complexity index is 1220. The average Bonchev–Trinajstić information content (AvgIpc) is 3.10. The highest BCUT2D eigenvalue weighted by Crippen LogP contribution is 2.29. The maximum atomic E-state index is 12.8. The van der Waals surface area contributed by atoms with Gasteiger partial charge in [-0.3, -0.25) is 9.59 Å². The second-order valence-corrected chi connectivity index (χ2v) is 7.49. The molecule has 160 valence electrons. The molecule has 0 fully saturated rings. The number of anilines is 1. The molecule has 0 saturated heterocycles. The molecule has 9 heteroatoms. The highest BCUT2D eigenvalue weighted by atomic mass is 32.1. The zero-order valence-electron chi connectivity index (χ0n) is 17.2. The Morgan fingerprint density at radius 2 is 1.97 bits per heavy atom. The van der Waals surface area contributed by atoms with Crippen molar-refractivity contribution in [1.82, 2.24) is 14.9 Å². The van der Waals surface area contributed by atoms with Gasteiger partial charge in [-0.25, -0.2) is 9.55 Å². The number of carbonyl (C=O) groups excluding carboxylic acids is 2. The topological polar surface area (TPSA) is 94.5 Å². The molecule has 1 aromatic heterocycles. The number of hydrogen-bond donors (Lipinski definition) is 2. The number of methoxy groups -OCH3 is 2. The fraction of sp³-hybridized carbons (Fsp3) is 0.273. The summed E-state index contributed by atoms with van der Waals surface area (Å²) in [5, 5.41) is 6.81. The van der Waals surface area contributed by atoms with Crippen molar-refractivity contribution < 1.29 is 19.1 Å². The quantitative estimate of drug-likeness (QED) is 0.548. The van der Waals surface area contributed by atoms with Gasteiger partial charge in [0, 0.05) is 11.9 Å². The lowest BCUT2D eigenvalue weighted by atomic mass is 10.1. The Hall–Kier alpha value is -3.46. The smallest absolute Gasteiger partial charge is 0.257 e. The first-order valence-electron chi connectivity index (χ1n) is 9.82. The molecule has 3 aromatic rings. The molecule has 0 saturated carbocycles. The molecule has 0 bridgehead atoms. The number of benzene rings is 2. The number of amides is 1. The Balaban J connectivity index is 1.38. The van der Waals surface area contributed by atoms with Crippen LogP contribution in [-0.2, 0) is 11.2 Å². The molecule has 2 N–H and O–H groups in total. The van der Waals surface area contributed by atoms with Crippen molar-refractivity contribution in [3.63, 3.8) is 0 Å². The van der Waals surface area contributed by atoms with Crippen molar-refractivity contribution in [2.24, 2.45) is 0 Å². The number of rotatable bonds is 7. The van der Waals surface area contributed by atoms with Gasteiger partial charge in [0.15, 0.2) is 11.5 Å². The van der Waals surface area contributed by atoms with E-state index < -0.39 is 6.04 Å². The molecular formula is C22H22N4O4S. The summed E-state index contributed by atoms with van der Waals surface area (Å²) in [5.41, 5.74) is 1.71. The molecule has 8 nitrogen and oxygen atoms in total. The number of para-hydroxylation sites is 1.